The van der Waals surface area contributed by atoms with Gasteiger partial charge in [0.05, 0.1) is 7.11 Å². The van der Waals surface area contributed by atoms with E-state index in [0.717, 1.165) is 11.1 Å². The van der Waals surface area contributed by atoms with Gasteiger partial charge in [-0.15, -0.1) is 0 Å². The number of nitrogens with zero attached hydrogens (tertiary/aromatic N) is 1. The van der Waals surface area contributed by atoms with Crippen LogP contribution in [0.2, 0.25) is 0 Å². The van der Waals surface area contributed by atoms with Gasteiger partial charge in [0.25, 0.3) is 0 Å². The third-order valence-electron chi connectivity index (χ3n) is 3.34. The zero-order valence-corrected chi connectivity index (χ0v) is 12.9. The van der Waals surface area contributed by atoms with Gasteiger partial charge in [-0.2, -0.15) is 0 Å². The number of pyridine rings is 1. The maximum Gasteiger partial charge on any atom is 0.417 e. The Hall–Kier alpha value is -3.08. The van der Waals surface area contributed by atoms with Crippen LogP contribution in [-0.2, 0) is 0 Å². The van der Waals surface area contributed by atoms with Crippen LogP contribution in [0.5, 0.6) is 11.5 Å². The molecule has 1 heterocycles. The number of aromatic nitrogens is 1. The first-order valence-electron chi connectivity index (χ1n) is 7.15. The second-order valence-electron chi connectivity index (χ2n) is 5.03. The van der Waals surface area contributed by atoms with E-state index in [1.54, 1.807) is 37.4 Å². The number of carbonyl (C=O) groups excluding carboxylic acids is 1. The minimum atomic E-state index is -0.575. The van der Waals surface area contributed by atoms with E-state index in [9.17, 15) is 4.79 Å². The number of hydrogen-bond donors (Lipinski definition) is 1. The Kier molecular flexibility index (Phi) is 4.10. The standard InChI is InChI=1S/C18H16N2O3/c1-12-9-10-13-5-3-8-16(17(13)19-12)23-18(21)20-14-6-4-7-15(11-14)22-2/h3-11H,1-2H3,(H,20,21). The highest BCUT2D eigenvalue weighted by Crippen LogP contribution is 2.24. The molecule has 0 atom stereocenters. The maximum atomic E-state index is 12.1. The lowest BCUT2D eigenvalue weighted by atomic mass is 10.2. The van der Waals surface area contributed by atoms with Crippen LogP contribution in [0.15, 0.2) is 54.6 Å². The Bertz CT molecular complexity index is 862. The van der Waals surface area contributed by atoms with Crippen LogP contribution in [0.25, 0.3) is 10.9 Å². The topological polar surface area (TPSA) is 60.5 Å². The van der Waals surface area contributed by atoms with E-state index in [1.165, 1.54) is 0 Å². The van der Waals surface area contributed by atoms with Crippen LogP contribution in [0.1, 0.15) is 5.69 Å². The molecular formula is C18H16N2O3. The molecule has 2 aromatic carbocycles. The number of para-hydroxylation sites is 1. The average Bonchev–Trinajstić information content (AvgIpc) is 2.55. The van der Waals surface area contributed by atoms with Gasteiger partial charge in [-0.05, 0) is 31.2 Å². The molecule has 0 bridgehead atoms. The van der Waals surface area contributed by atoms with Crippen molar-refractivity contribution >= 4 is 22.7 Å². The van der Waals surface area contributed by atoms with Gasteiger partial charge in [0.1, 0.15) is 11.3 Å². The summed E-state index contributed by atoms with van der Waals surface area (Å²) in [4.78, 5) is 16.5. The van der Waals surface area contributed by atoms with Crippen LogP contribution < -0.4 is 14.8 Å². The summed E-state index contributed by atoms with van der Waals surface area (Å²) in [5.74, 6) is 1.08. The van der Waals surface area contributed by atoms with Crippen molar-refractivity contribution in [3.8, 4) is 11.5 Å². The summed E-state index contributed by atoms with van der Waals surface area (Å²) < 4.78 is 10.5. The Morgan fingerprint density at radius 1 is 1.09 bits per heavy atom. The van der Waals surface area contributed by atoms with Crippen LogP contribution in [0.3, 0.4) is 0 Å². The molecule has 116 valence electrons. The van der Waals surface area contributed by atoms with Gasteiger partial charge >= 0.3 is 6.09 Å². The molecule has 5 nitrogen and oxygen atoms in total. The second kappa shape index (κ2) is 6.36. The molecule has 0 aliphatic carbocycles. The van der Waals surface area contributed by atoms with E-state index < -0.39 is 6.09 Å². The third-order valence-corrected chi connectivity index (χ3v) is 3.34. The molecule has 0 aliphatic heterocycles. The fourth-order valence-corrected chi connectivity index (χ4v) is 2.24. The number of nitrogens with one attached hydrogen (secondary N) is 1. The van der Waals surface area contributed by atoms with Crippen LogP contribution in [0, 0.1) is 6.92 Å². The van der Waals surface area contributed by atoms with Gasteiger partial charge in [0.15, 0.2) is 5.75 Å². The monoisotopic (exact) mass is 308 g/mol. The number of amides is 1. The van der Waals surface area contributed by atoms with E-state index in [2.05, 4.69) is 10.3 Å². The highest BCUT2D eigenvalue weighted by Gasteiger charge is 2.10. The van der Waals surface area contributed by atoms with Gasteiger partial charge in [-0.3, -0.25) is 5.32 Å². The van der Waals surface area contributed by atoms with Crippen molar-refractivity contribution < 1.29 is 14.3 Å². The summed E-state index contributed by atoms with van der Waals surface area (Å²) in [7, 11) is 1.57. The van der Waals surface area contributed by atoms with Crippen molar-refractivity contribution in [2.45, 2.75) is 6.92 Å². The van der Waals surface area contributed by atoms with E-state index in [4.69, 9.17) is 9.47 Å². The maximum absolute atomic E-state index is 12.1. The summed E-state index contributed by atoms with van der Waals surface area (Å²) in [6, 6.07) is 16.4. The lowest BCUT2D eigenvalue weighted by molar-refractivity contribution is 0.215. The van der Waals surface area contributed by atoms with E-state index >= 15 is 0 Å². The largest absolute Gasteiger partial charge is 0.497 e. The van der Waals surface area contributed by atoms with Gasteiger partial charge in [-0.25, -0.2) is 9.78 Å². The summed E-state index contributed by atoms with van der Waals surface area (Å²) in [5, 5.41) is 3.59. The summed E-state index contributed by atoms with van der Waals surface area (Å²) in [5.41, 5.74) is 2.12. The Morgan fingerprint density at radius 2 is 1.91 bits per heavy atom. The molecule has 0 radical (unpaired) electrons. The number of hydrogen-bond acceptors (Lipinski definition) is 4. The average molecular weight is 308 g/mol. The molecule has 1 amide bonds. The summed E-state index contributed by atoms with van der Waals surface area (Å²) in [6.45, 7) is 1.90. The smallest absolute Gasteiger partial charge is 0.417 e. The molecule has 3 aromatic rings. The number of methoxy groups -OCH3 is 1. The molecule has 0 saturated heterocycles. The van der Waals surface area contributed by atoms with Crippen molar-refractivity contribution in [3.05, 3.63) is 60.3 Å². The van der Waals surface area contributed by atoms with E-state index in [-0.39, 0.29) is 0 Å². The van der Waals surface area contributed by atoms with Gasteiger partial charge < -0.3 is 9.47 Å². The number of fused-ring (bicyclic) bond motifs is 1. The zero-order chi connectivity index (χ0) is 16.2. The number of aryl methyl sites for hydroxylation is 1. The number of benzene rings is 2. The van der Waals surface area contributed by atoms with Crippen molar-refractivity contribution in [1.82, 2.24) is 4.98 Å². The number of carbonyl (C=O) groups is 1. The first kappa shape index (κ1) is 14.8. The van der Waals surface area contributed by atoms with Crippen LogP contribution in [0.4, 0.5) is 10.5 Å². The quantitative estimate of drug-likeness (QED) is 0.789. The van der Waals surface area contributed by atoms with Gasteiger partial charge in [0, 0.05) is 22.8 Å². The molecule has 1 N–H and O–H groups in total. The number of ether oxygens (including phenoxy) is 2. The molecule has 0 saturated carbocycles. The minimum absolute atomic E-state index is 0.423. The Balaban J connectivity index is 1.81. The summed E-state index contributed by atoms with van der Waals surface area (Å²) in [6.07, 6.45) is -0.575. The minimum Gasteiger partial charge on any atom is -0.497 e. The molecule has 23 heavy (non-hydrogen) atoms. The predicted octanol–water partition coefficient (Wildman–Crippen LogP) is 4.16. The molecule has 0 aliphatic rings. The number of rotatable bonds is 3. The SMILES string of the molecule is COc1cccc(NC(=O)Oc2cccc3ccc(C)nc23)c1. The molecule has 5 heteroatoms. The highest BCUT2D eigenvalue weighted by molar-refractivity contribution is 5.91. The lowest BCUT2D eigenvalue weighted by Gasteiger charge is -2.09. The summed E-state index contributed by atoms with van der Waals surface area (Å²) >= 11 is 0. The first-order chi connectivity index (χ1) is 11.2. The normalized spacial score (nSPS) is 10.3. The van der Waals surface area contributed by atoms with Crippen LogP contribution in [-0.4, -0.2) is 18.2 Å². The highest BCUT2D eigenvalue weighted by atomic mass is 16.6. The van der Waals surface area contributed by atoms with Crippen molar-refractivity contribution in [2.24, 2.45) is 0 Å². The lowest BCUT2D eigenvalue weighted by Crippen LogP contribution is -2.17. The van der Waals surface area contributed by atoms with Crippen LogP contribution >= 0.6 is 0 Å². The molecule has 0 unspecified atom stereocenters. The van der Waals surface area contributed by atoms with Crippen molar-refractivity contribution in [3.63, 3.8) is 0 Å². The molecule has 0 spiro atoms. The van der Waals surface area contributed by atoms with E-state index in [1.807, 2.05) is 31.2 Å². The zero-order valence-electron chi connectivity index (χ0n) is 12.9. The van der Waals surface area contributed by atoms with Gasteiger partial charge in [-0.1, -0.05) is 24.3 Å². The van der Waals surface area contributed by atoms with Gasteiger partial charge in [0.2, 0.25) is 0 Å². The Labute approximate surface area is 133 Å². The molecule has 3 rings (SSSR count). The fourth-order valence-electron chi connectivity index (χ4n) is 2.24. The third kappa shape index (κ3) is 3.40. The Morgan fingerprint density at radius 3 is 2.74 bits per heavy atom. The molecule has 0 fully saturated rings. The number of anilines is 1. The second-order valence-corrected chi connectivity index (χ2v) is 5.03. The van der Waals surface area contributed by atoms with E-state index in [0.29, 0.717) is 22.7 Å². The molecule has 1 aromatic heterocycles. The first-order valence-corrected chi connectivity index (χ1v) is 7.15. The van der Waals surface area contributed by atoms with Crippen molar-refractivity contribution in [1.29, 1.82) is 0 Å². The fraction of sp³-hybridized carbons (Fsp3) is 0.111. The van der Waals surface area contributed by atoms with Crippen molar-refractivity contribution in [2.75, 3.05) is 12.4 Å². The molecular weight excluding hydrogens is 292 g/mol. The predicted molar refractivity (Wildman–Crippen MR) is 89.1 cm³/mol.